The van der Waals surface area contributed by atoms with Crippen LogP contribution in [0.1, 0.15) is 46.5 Å². The summed E-state index contributed by atoms with van der Waals surface area (Å²) in [7, 11) is 0. The first-order valence-corrected chi connectivity index (χ1v) is 6.67. The summed E-state index contributed by atoms with van der Waals surface area (Å²) in [5.74, 6) is 0.887. The Morgan fingerprint density at radius 3 is 2.53 bits per heavy atom. The first-order chi connectivity index (χ1) is 7.18. The van der Waals surface area contributed by atoms with Gasteiger partial charge in [0.25, 0.3) is 0 Å². The summed E-state index contributed by atoms with van der Waals surface area (Å²) >= 11 is 0. The Balaban J connectivity index is 1.91. The van der Waals surface area contributed by atoms with Gasteiger partial charge in [0, 0.05) is 24.7 Å². The number of rotatable bonds is 1. The van der Waals surface area contributed by atoms with Gasteiger partial charge in [-0.05, 0) is 52.0 Å². The highest BCUT2D eigenvalue weighted by Gasteiger charge is 2.31. The predicted octanol–water partition coefficient (Wildman–Crippen LogP) is 2.25. The SMILES string of the molecule is CC1CCC(N2CCCC(C)C2C)CN1. The third-order valence-electron chi connectivity index (χ3n) is 4.53. The highest BCUT2D eigenvalue weighted by molar-refractivity contribution is 4.88. The fourth-order valence-corrected chi connectivity index (χ4v) is 3.15. The third kappa shape index (κ3) is 2.54. The van der Waals surface area contributed by atoms with Crippen molar-refractivity contribution >= 4 is 0 Å². The Bertz CT molecular complexity index is 197. The van der Waals surface area contributed by atoms with Crippen LogP contribution in [0.4, 0.5) is 0 Å². The summed E-state index contributed by atoms with van der Waals surface area (Å²) in [6.07, 6.45) is 5.57. The Kier molecular flexibility index (Phi) is 3.68. The van der Waals surface area contributed by atoms with Crippen LogP contribution in [-0.2, 0) is 0 Å². The van der Waals surface area contributed by atoms with E-state index in [-0.39, 0.29) is 0 Å². The molecule has 1 N–H and O–H groups in total. The van der Waals surface area contributed by atoms with E-state index in [4.69, 9.17) is 0 Å². The van der Waals surface area contributed by atoms with Crippen molar-refractivity contribution in [3.63, 3.8) is 0 Å². The monoisotopic (exact) mass is 210 g/mol. The molecule has 0 spiro atoms. The topological polar surface area (TPSA) is 15.3 Å². The van der Waals surface area contributed by atoms with Gasteiger partial charge in [0.05, 0.1) is 0 Å². The minimum absolute atomic E-state index is 0.735. The lowest BCUT2D eigenvalue weighted by Gasteiger charge is -2.45. The average Bonchev–Trinajstić information content (AvgIpc) is 2.24. The Hall–Kier alpha value is -0.0800. The molecule has 2 fully saturated rings. The normalized spacial score (nSPS) is 44.2. The van der Waals surface area contributed by atoms with Crippen LogP contribution in [0, 0.1) is 5.92 Å². The summed E-state index contributed by atoms with van der Waals surface area (Å²) in [4.78, 5) is 2.76. The quantitative estimate of drug-likeness (QED) is 0.714. The van der Waals surface area contributed by atoms with Crippen LogP contribution in [0.5, 0.6) is 0 Å². The predicted molar refractivity (Wildman–Crippen MR) is 65.1 cm³/mol. The molecule has 0 bridgehead atoms. The maximum atomic E-state index is 3.62. The maximum absolute atomic E-state index is 3.62. The molecule has 4 unspecified atom stereocenters. The number of piperidine rings is 2. The summed E-state index contributed by atoms with van der Waals surface area (Å²) in [5, 5.41) is 3.62. The zero-order valence-electron chi connectivity index (χ0n) is 10.5. The molecule has 0 saturated carbocycles. The summed E-state index contributed by atoms with van der Waals surface area (Å²) in [6, 6.07) is 2.33. The van der Waals surface area contributed by atoms with Gasteiger partial charge >= 0.3 is 0 Å². The largest absolute Gasteiger partial charge is 0.313 e. The number of hydrogen-bond acceptors (Lipinski definition) is 2. The Morgan fingerprint density at radius 1 is 1.07 bits per heavy atom. The van der Waals surface area contributed by atoms with Crippen molar-refractivity contribution in [2.24, 2.45) is 5.92 Å². The van der Waals surface area contributed by atoms with Gasteiger partial charge in [0.15, 0.2) is 0 Å². The van der Waals surface area contributed by atoms with E-state index in [0.29, 0.717) is 0 Å². The van der Waals surface area contributed by atoms with Crippen LogP contribution in [0.3, 0.4) is 0 Å². The molecule has 15 heavy (non-hydrogen) atoms. The fourth-order valence-electron chi connectivity index (χ4n) is 3.15. The van der Waals surface area contributed by atoms with Gasteiger partial charge in [-0.1, -0.05) is 6.92 Å². The zero-order valence-corrected chi connectivity index (χ0v) is 10.5. The molecule has 0 aliphatic carbocycles. The average molecular weight is 210 g/mol. The lowest BCUT2D eigenvalue weighted by molar-refractivity contribution is 0.0518. The molecule has 2 rings (SSSR count). The van der Waals surface area contributed by atoms with Crippen LogP contribution in [0.25, 0.3) is 0 Å². The molecule has 0 aromatic heterocycles. The lowest BCUT2D eigenvalue weighted by Crippen LogP contribution is -2.55. The van der Waals surface area contributed by atoms with Crippen LogP contribution in [0.2, 0.25) is 0 Å². The Labute approximate surface area is 94.4 Å². The smallest absolute Gasteiger partial charge is 0.0224 e. The van der Waals surface area contributed by atoms with Crippen LogP contribution in [0.15, 0.2) is 0 Å². The Morgan fingerprint density at radius 2 is 1.87 bits per heavy atom. The van der Waals surface area contributed by atoms with Gasteiger partial charge in [-0.2, -0.15) is 0 Å². The molecule has 2 nitrogen and oxygen atoms in total. The summed E-state index contributed by atoms with van der Waals surface area (Å²) in [5.41, 5.74) is 0. The number of likely N-dealkylation sites (tertiary alicyclic amines) is 1. The highest BCUT2D eigenvalue weighted by Crippen LogP contribution is 2.27. The van der Waals surface area contributed by atoms with Gasteiger partial charge in [0.1, 0.15) is 0 Å². The van der Waals surface area contributed by atoms with E-state index in [2.05, 4.69) is 31.0 Å². The van der Waals surface area contributed by atoms with Crippen LogP contribution in [-0.4, -0.2) is 36.1 Å². The van der Waals surface area contributed by atoms with Gasteiger partial charge in [-0.3, -0.25) is 4.90 Å². The first-order valence-electron chi connectivity index (χ1n) is 6.67. The highest BCUT2D eigenvalue weighted by atomic mass is 15.2. The number of hydrogen-bond donors (Lipinski definition) is 1. The molecule has 0 amide bonds. The van der Waals surface area contributed by atoms with Gasteiger partial charge in [-0.25, -0.2) is 0 Å². The van der Waals surface area contributed by atoms with Crippen molar-refractivity contribution in [1.82, 2.24) is 10.2 Å². The maximum Gasteiger partial charge on any atom is 0.0224 e. The molecule has 2 heterocycles. The second-order valence-corrected chi connectivity index (χ2v) is 5.64. The molecule has 2 saturated heterocycles. The van der Waals surface area contributed by atoms with Crippen molar-refractivity contribution in [1.29, 1.82) is 0 Å². The van der Waals surface area contributed by atoms with Crippen molar-refractivity contribution in [2.45, 2.75) is 64.6 Å². The molecule has 2 aliphatic rings. The molecule has 2 heteroatoms. The summed E-state index contributed by atoms with van der Waals surface area (Å²) in [6.45, 7) is 9.67. The molecular formula is C13H26N2. The third-order valence-corrected chi connectivity index (χ3v) is 4.53. The second kappa shape index (κ2) is 4.84. The standard InChI is InChI=1S/C13H26N2/c1-10-5-4-8-15(12(10)3)13-7-6-11(2)14-9-13/h10-14H,4-9H2,1-3H3. The van der Waals surface area contributed by atoms with Gasteiger partial charge in [-0.15, -0.1) is 0 Å². The zero-order chi connectivity index (χ0) is 10.8. The minimum Gasteiger partial charge on any atom is -0.313 e. The first kappa shape index (κ1) is 11.4. The van der Waals surface area contributed by atoms with Crippen molar-refractivity contribution in [3.05, 3.63) is 0 Å². The molecule has 0 aromatic carbocycles. The fraction of sp³-hybridized carbons (Fsp3) is 1.00. The van der Waals surface area contributed by atoms with E-state index in [1.165, 1.54) is 38.8 Å². The molecule has 0 radical (unpaired) electrons. The van der Waals surface area contributed by atoms with Crippen molar-refractivity contribution < 1.29 is 0 Å². The van der Waals surface area contributed by atoms with E-state index in [9.17, 15) is 0 Å². The van der Waals surface area contributed by atoms with E-state index in [0.717, 1.165) is 24.0 Å². The number of nitrogens with zero attached hydrogens (tertiary/aromatic N) is 1. The molecular weight excluding hydrogens is 184 g/mol. The molecule has 88 valence electrons. The molecule has 4 atom stereocenters. The summed E-state index contributed by atoms with van der Waals surface area (Å²) < 4.78 is 0. The van der Waals surface area contributed by atoms with Crippen molar-refractivity contribution in [2.75, 3.05) is 13.1 Å². The van der Waals surface area contributed by atoms with Crippen molar-refractivity contribution in [3.8, 4) is 0 Å². The van der Waals surface area contributed by atoms with E-state index in [1.807, 2.05) is 0 Å². The minimum atomic E-state index is 0.735. The van der Waals surface area contributed by atoms with E-state index < -0.39 is 0 Å². The second-order valence-electron chi connectivity index (χ2n) is 5.64. The molecule has 2 aliphatic heterocycles. The van der Waals surface area contributed by atoms with Crippen LogP contribution < -0.4 is 5.32 Å². The number of nitrogens with one attached hydrogen (secondary N) is 1. The van der Waals surface area contributed by atoms with Crippen LogP contribution >= 0.6 is 0 Å². The van der Waals surface area contributed by atoms with E-state index in [1.54, 1.807) is 0 Å². The molecule has 0 aromatic rings. The lowest BCUT2D eigenvalue weighted by atomic mass is 9.89. The van der Waals surface area contributed by atoms with E-state index >= 15 is 0 Å². The van der Waals surface area contributed by atoms with Gasteiger partial charge in [0.2, 0.25) is 0 Å². The van der Waals surface area contributed by atoms with Gasteiger partial charge < -0.3 is 5.32 Å².